The summed E-state index contributed by atoms with van der Waals surface area (Å²) in [6, 6.07) is 0. The van der Waals surface area contributed by atoms with Crippen molar-refractivity contribution in [2.45, 2.75) is 13.5 Å². The van der Waals surface area contributed by atoms with E-state index in [1.807, 2.05) is 6.92 Å². The monoisotopic (exact) mass is 188 g/mol. The zero-order chi connectivity index (χ0) is 8.10. The van der Waals surface area contributed by atoms with E-state index < -0.39 is 0 Å². The lowest BCUT2D eigenvalue weighted by atomic mass is 10.5. The van der Waals surface area contributed by atoms with Gasteiger partial charge in [-0.05, 0) is 6.92 Å². The number of nitrogens with one attached hydrogen (secondary N) is 1. The van der Waals surface area contributed by atoms with Crippen LogP contribution in [0.4, 0.5) is 0 Å². The maximum Gasteiger partial charge on any atom is 0.0897 e. The molecule has 0 bridgehead atoms. The molecule has 0 fully saturated rings. The van der Waals surface area contributed by atoms with Crippen LogP contribution in [0.5, 0.6) is 0 Å². The van der Waals surface area contributed by atoms with Crippen LogP contribution in [0.15, 0.2) is 5.38 Å². The molecule has 1 aromatic rings. The number of thiol groups is 1. The van der Waals surface area contributed by atoms with Gasteiger partial charge in [-0.1, -0.05) is 0 Å². The Balaban J connectivity index is 2.27. The van der Waals surface area contributed by atoms with Crippen LogP contribution in [0.1, 0.15) is 10.7 Å². The van der Waals surface area contributed by atoms with E-state index >= 15 is 0 Å². The average Bonchev–Trinajstić information content (AvgIpc) is 2.37. The molecule has 0 spiro atoms. The summed E-state index contributed by atoms with van der Waals surface area (Å²) in [7, 11) is 0. The van der Waals surface area contributed by atoms with Gasteiger partial charge >= 0.3 is 0 Å². The fourth-order valence-electron chi connectivity index (χ4n) is 0.785. The molecule has 2 nitrogen and oxygen atoms in total. The van der Waals surface area contributed by atoms with Gasteiger partial charge in [-0.3, -0.25) is 0 Å². The summed E-state index contributed by atoms with van der Waals surface area (Å²) in [5.41, 5.74) is 1.13. The summed E-state index contributed by atoms with van der Waals surface area (Å²) < 4.78 is 0. The molecule has 0 saturated heterocycles. The van der Waals surface area contributed by atoms with Crippen molar-refractivity contribution in [3.05, 3.63) is 16.1 Å². The molecule has 1 rings (SSSR count). The van der Waals surface area contributed by atoms with Crippen LogP contribution in [0.3, 0.4) is 0 Å². The Kier molecular flexibility index (Phi) is 3.90. The van der Waals surface area contributed by atoms with Gasteiger partial charge in [-0.2, -0.15) is 12.6 Å². The molecule has 0 aliphatic carbocycles. The number of thiazole rings is 1. The van der Waals surface area contributed by atoms with E-state index in [9.17, 15) is 0 Å². The Morgan fingerprint density at radius 2 is 2.55 bits per heavy atom. The van der Waals surface area contributed by atoms with Gasteiger partial charge in [-0.25, -0.2) is 4.98 Å². The van der Waals surface area contributed by atoms with Crippen LogP contribution in [-0.2, 0) is 6.54 Å². The third-order valence-corrected chi connectivity index (χ3v) is 2.31. The smallest absolute Gasteiger partial charge is 0.0897 e. The Morgan fingerprint density at radius 3 is 3.09 bits per heavy atom. The molecule has 1 N–H and O–H groups in total. The van der Waals surface area contributed by atoms with Crippen molar-refractivity contribution in [1.82, 2.24) is 10.3 Å². The van der Waals surface area contributed by atoms with Crippen molar-refractivity contribution >= 4 is 24.0 Å². The minimum absolute atomic E-state index is 0.866. The molecule has 0 atom stereocenters. The molecule has 0 amide bonds. The van der Waals surface area contributed by atoms with Gasteiger partial charge in [0.05, 0.1) is 10.7 Å². The lowest BCUT2D eigenvalue weighted by Crippen LogP contribution is -2.15. The Morgan fingerprint density at radius 1 is 1.73 bits per heavy atom. The van der Waals surface area contributed by atoms with Gasteiger partial charge in [0.25, 0.3) is 0 Å². The first-order valence-electron chi connectivity index (χ1n) is 3.55. The van der Waals surface area contributed by atoms with Crippen molar-refractivity contribution in [2.75, 3.05) is 12.3 Å². The predicted octanol–water partition coefficient (Wildman–Crippen LogP) is 1.47. The first-order valence-corrected chi connectivity index (χ1v) is 5.06. The van der Waals surface area contributed by atoms with Gasteiger partial charge in [-0.15, -0.1) is 11.3 Å². The molecule has 11 heavy (non-hydrogen) atoms. The van der Waals surface area contributed by atoms with E-state index in [0.717, 1.165) is 29.5 Å². The molecule has 0 saturated carbocycles. The molecule has 0 aliphatic heterocycles. The van der Waals surface area contributed by atoms with Crippen LogP contribution >= 0.6 is 24.0 Å². The number of hydrogen-bond donors (Lipinski definition) is 2. The summed E-state index contributed by atoms with van der Waals surface area (Å²) in [6.45, 7) is 3.83. The van der Waals surface area contributed by atoms with Gasteiger partial charge in [0.15, 0.2) is 0 Å². The minimum Gasteiger partial charge on any atom is -0.310 e. The molecule has 1 heterocycles. The van der Waals surface area contributed by atoms with Crippen molar-refractivity contribution in [2.24, 2.45) is 0 Å². The molecular weight excluding hydrogens is 176 g/mol. The first kappa shape index (κ1) is 9.03. The topological polar surface area (TPSA) is 24.9 Å². The summed E-state index contributed by atoms with van der Waals surface area (Å²) in [6.07, 6.45) is 0. The normalized spacial score (nSPS) is 10.4. The van der Waals surface area contributed by atoms with Crippen LogP contribution in [-0.4, -0.2) is 17.3 Å². The number of aromatic nitrogens is 1. The summed E-state index contributed by atoms with van der Waals surface area (Å²) >= 11 is 5.78. The maximum absolute atomic E-state index is 4.31. The standard InChI is InChI=1S/C7H12N2S2/c1-6-9-7(5-11-6)4-8-2-3-10/h5,8,10H,2-4H2,1H3. The molecule has 0 radical (unpaired) electrons. The molecule has 0 aliphatic rings. The molecule has 0 unspecified atom stereocenters. The van der Waals surface area contributed by atoms with E-state index in [4.69, 9.17) is 0 Å². The van der Waals surface area contributed by atoms with Crippen LogP contribution < -0.4 is 5.32 Å². The lowest BCUT2D eigenvalue weighted by Gasteiger charge is -1.97. The number of hydrogen-bond acceptors (Lipinski definition) is 4. The lowest BCUT2D eigenvalue weighted by molar-refractivity contribution is 0.719. The fraction of sp³-hybridized carbons (Fsp3) is 0.571. The zero-order valence-corrected chi connectivity index (χ0v) is 8.21. The van der Waals surface area contributed by atoms with Crippen LogP contribution in [0.25, 0.3) is 0 Å². The number of aryl methyl sites for hydroxylation is 1. The average molecular weight is 188 g/mol. The summed E-state index contributed by atoms with van der Waals surface area (Å²) in [5, 5.41) is 6.45. The predicted molar refractivity (Wildman–Crippen MR) is 52.4 cm³/mol. The van der Waals surface area contributed by atoms with Crippen molar-refractivity contribution in [3.8, 4) is 0 Å². The van der Waals surface area contributed by atoms with Crippen molar-refractivity contribution in [1.29, 1.82) is 0 Å². The van der Waals surface area contributed by atoms with E-state index in [0.29, 0.717) is 0 Å². The van der Waals surface area contributed by atoms with Gasteiger partial charge in [0.2, 0.25) is 0 Å². The molecular formula is C7H12N2S2. The highest BCUT2D eigenvalue weighted by Crippen LogP contribution is 2.06. The van der Waals surface area contributed by atoms with E-state index in [-0.39, 0.29) is 0 Å². The third kappa shape index (κ3) is 3.22. The second-order valence-corrected chi connectivity index (χ2v) is 3.77. The zero-order valence-electron chi connectivity index (χ0n) is 6.50. The molecule has 62 valence electrons. The second kappa shape index (κ2) is 4.74. The van der Waals surface area contributed by atoms with Crippen molar-refractivity contribution in [3.63, 3.8) is 0 Å². The van der Waals surface area contributed by atoms with Crippen molar-refractivity contribution < 1.29 is 0 Å². The first-order chi connectivity index (χ1) is 5.33. The minimum atomic E-state index is 0.866. The number of rotatable bonds is 4. The van der Waals surface area contributed by atoms with E-state index in [1.165, 1.54) is 0 Å². The van der Waals surface area contributed by atoms with Gasteiger partial charge in [0, 0.05) is 24.2 Å². The molecule has 4 heteroatoms. The fourth-order valence-corrected chi connectivity index (χ4v) is 1.56. The van der Waals surface area contributed by atoms with Gasteiger partial charge in [0.1, 0.15) is 0 Å². The van der Waals surface area contributed by atoms with Crippen LogP contribution in [0, 0.1) is 6.92 Å². The highest BCUT2D eigenvalue weighted by atomic mass is 32.1. The molecule has 0 aromatic carbocycles. The highest BCUT2D eigenvalue weighted by Gasteiger charge is 1.95. The van der Waals surface area contributed by atoms with E-state index in [2.05, 4.69) is 28.3 Å². The second-order valence-electron chi connectivity index (χ2n) is 2.26. The highest BCUT2D eigenvalue weighted by molar-refractivity contribution is 7.80. The van der Waals surface area contributed by atoms with Crippen LogP contribution in [0.2, 0.25) is 0 Å². The molecule has 1 aromatic heterocycles. The quantitative estimate of drug-likeness (QED) is 0.552. The SMILES string of the molecule is Cc1nc(CNCCS)cs1. The summed E-state index contributed by atoms with van der Waals surface area (Å²) in [5.74, 6) is 0.878. The maximum atomic E-state index is 4.31. The van der Waals surface area contributed by atoms with E-state index in [1.54, 1.807) is 11.3 Å². The Labute approximate surface area is 76.5 Å². The third-order valence-electron chi connectivity index (χ3n) is 1.26. The van der Waals surface area contributed by atoms with Gasteiger partial charge < -0.3 is 5.32 Å². The largest absolute Gasteiger partial charge is 0.310 e. The Bertz CT molecular complexity index is 210. The Hall–Kier alpha value is -0.0600. The summed E-state index contributed by atoms with van der Waals surface area (Å²) in [4.78, 5) is 4.31. The number of nitrogens with zero attached hydrogens (tertiary/aromatic N) is 1.